The van der Waals surface area contributed by atoms with Crippen molar-refractivity contribution in [2.75, 3.05) is 5.32 Å². The molecule has 0 bridgehead atoms. The molecule has 0 aliphatic carbocycles. The zero-order valence-electron chi connectivity index (χ0n) is 10.7. The van der Waals surface area contributed by atoms with Gasteiger partial charge in [-0.3, -0.25) is 4.79 Å². The van der Waals surface area contributed by atoms with Crippen molar-refractivity contribution in [1.29, 1.82) is 0 Å². The molecule has 0 saturated carbocycles. The third kappa shape index (κ3) is 1.99. The molecule has 0 spiro atoms. The average Bonchev–Trinajstić information content (AvgIpc) is 2.95. The van der Waals surface area contributed by atoms with E-state index in [0.717, 1.165) is 22.3 Å². The van der Waals surface area contributed by atoms with Gasteiger partial charge in [0.2, 0.25) is 0 Å². The number of aryl methyl sites for hydroxylation is 2. The van der Waals surface area contributed by atoms with Crippen molar-refractivity contribution in [3.05, 3.63) is 47.7 Å². The van der Waals surface area contributed by atoms with Crippen molar-refractivity contribution in [2.45, 2.75) is 13.8 Å². The first kappa shape index (κ1) is 11.5. The summed E-state index contributed by atoms with van der Waals surface area (Å²) in [5.41, 5.74) is 3.90. The van der Waals surface area contributed by atoms with Crippen LogP contribution in [0, 0.1) is 13.8 Å². The Kier molecular flexibility index (Phi) is 2.59. The molecule has 0 radical (unpaired) electrons. The SMILES string of the molecule is Cc1coc(C)c1C(=O)Nc1ccc2nc[nH]c2c1. The lowest BCUT2D eigenvalue weighted by Crippen LogP contribution is -2.13. The van der Waals surface area contributed by atoms with Gasteiger partial charge in [-0.05, 0) is 32.0 Å². The third-order valence-corrected chi connectivity index (χ3v) is 3.06. The number of H-pyrrole nitrogens is 1. The highest BCUT2D eigenvalue weighted by Crippen LogP contribution is 2.20. The molecular formula is C14H13N3O2. The van der Waals surface area contributed by atoms with E-state index >= 15 is 0 Å². The summed E-state index contributed by atoms with van der Waals surface area (Å²) in [5.74, 6) is 0.459. The second-order valence-corrected chi connectivity index (χ2v) is 4.44. The van der Waals surface area contributed by atoms with Crippen molar-refractivity contribution >= 4 is 22.6 Å². The lowest BCUT2D eigenvalue weighted by Gasteiger charge is -2.05. The summed E-state index contributed by atoms with van der Waals surface area (Å²) in [6.45, 7) is 3.63. The van der Waals surface area contributed by atoms with Crippen molar-refractivity contribution in [1.82, 2.24) is 9.97 Å². The van der Waals surface area contributed by atoms with Crippen LogP contribution in [0.2, 0.25) is 0 Å². The van der Waals surface area contributed by atoms with Gasteiger partial charge in [-0.25, -0.2) is 4.98 Å². The van der Waals surface area contributed by atoms with Gasteiger partial charge in [-0.15, -0.1) is 0 Å². The number of hydrogen-bond acceptors (Lipinski definition) is 3. The molecule has 2 aromatic heterocycles. The lowest BCUT2D eigenvalue weighted by molar-refractivity contribution is 0.102. The molecule has 5 nitrogen and oxygen atoms in total. The third-order valence-electron chi connectivity index (χ3n) is 3.06. The molecule has 0 saturated heterocycles. The van der Waals surface area contributed by atoms with E-state index in [1.54, 1.807) is 19.5 Å². The number of imidazole rings is 1. The van der Waals surface area contributed by atoms with Crippen LogP contribution in [0.25, 0.3) is 11.0 Å². The highest BCUT2D eigenvalue weighted by atomic mass is 16.3. The minimum atomic E-state index is -0.164. The zero-order valence-corrected chi connectivity index (χ0v) is 10.7. The first-order valence-corrected chi connectivity index (χ1v) is 5.94. The highest BCUT2D eigenvalue weighted by molar-refractivity contribution is 6.06. The molecule has 0 atom stereocenters. The maximum Gasteiger partial charge on any atom is 0.259 e. The smallest absolute Gasteiger partial charge is 0.259 e. The normalized spacial score (nSPS) is 10.8. The minimum Gasteiger partial charge on any atom is -0.469 e. The topological polar surface area (TPSA) is 70.9 Å². The van der Waals surface area contributed by atoms with Crippen LogP contribution in [0.15, 0.2) is 35.2 Å². The second kappa shape index (κ2) is 4.28. The standard InChI is InChI=1S/C14H13N3O2/c1-8-6-19-9(2)13(8)14(18)17-10-3-4-11-12(5-10)16-7-15-11/h3-7H,1-2H3,(H,15,16)(H,17,18). The number of benzene rings is 1. The molecule has 0 fully saturated rings. The van der Waals surface area contributed by atoms with Gasteiger partial charge in [0.15, 0.2) is 0 Å². The summed E-state index contributed by atoms with van der Waals surface area (Å²) >= 11 is 0. The largest absolute Gasteiger partial charge is 0.469 e. The van der Waals surface area contributed by atoms with Crippen LogP contribution >= 0.6 is 0 Å². The number of carbonyl (C=O) groups excluding carboxylic acids is 1. The van der Waals surface area contributed by atoms with Gasteiger partial charge in [-0.1, -0.05) is 0 Å². The molecule has 5 heteroatoms. The molecule has 3 aromatic rings. The van der Waals surface area contributed by atoms with Gasteiger partial charge in [0.05, 0.1) is 29.2 Å². The van der Waals surface area contributed by atoms with E-state index < -0.39 is 0 Å². The summed E-state index contributed by atoms with van der Waals surface area (Å²) in [6.07, 6.45) is 3.21. The molecule has 1 amide bonds. The maximum atomic E-state index is 12.2. The molecule has 19 heavy (non-hydrogen) atoms. The van der Waals surface area contributed by atoms with Gasteiger partial charge in [-0.2, -0.15) is 0 Å². The second-order valence-electron chi connectivity index (χ2n) is 4.44. The fraction of sp³-hybridized carbons (Fsp3) is 0.143. The number of fused-ring (bicyclic) bond motifs is 1. The predicted molar refractivity (Wildman–Crippen MR) is 72.2 cm³/mol. The van der Waals surface area contributed by atoms with Crippen LogP contribution in [-0.2, 0) is 0 Å². The van der Waals surface area contributed by atoms with E-state index in [2.05, 4.69) is 15.3 Å². The van der Waals surface area contributed by atoms with E-state index in [9.17, 15) is 4.79 Å². The Morgan fingerprint density at radius 2 is 2.21 bits per heavy atom. The lowest BCUT2D eigenvalue weighted by atomic mass is 10.1. The van der Waals surface area contributed by atoms with E-state index in [-0.39, 0.29) is 5.91 Å². The number of nitrogens with zero attached hydrogens (tertiary/aromatic N) is 1. The van der Waals surface area contributed by atoms with Crippen molar-refractivity contribution in [2.24, 2.45) is 0 Å². The number of anilines is 1. The number of nitrogens with one attached hydrogen (secondary N) is 2. The molecule has 96 valence electrons. The average molecular weight is 255 g/mol. The molecule has 3 rings (SSSR count). The Balaban J connectivity index is 1.90. The van der Waals surface area contributed by atoms with Crippen molar-refractivity contribution in [3.63, 3.8) is 0 Å². The fourth-order valence-corrected chi connectivity index (χ4v) is 2.12. The number of furan rings is 1. The van der Waals surface area contributed by atoms with E-state index in [1.165, 1.54) is 0 Å². The predicted octanol–water partition coefficient (Wildman–Crippen LogP) is 3.03. The summed E-state index contributed by atoms with van der Waals surface area (Å²) in [7, 11) is 0. The monoisotopic (exact) mass is 255 g/mol. The van der Waals surface area contributed by atoms with E-state index in [4.69, 9.17) is 4.42 Å². The number of amides is 1. The van der Waals surface area contributed by atoms with Gasteiger partial charge >= 0.3 is 0 Å². The highest BCUT2D eigenvalue weighted by Gasteiger charge is 2.15. The molecule has 0 aliphatic rings. The summed E-state index contributed by atoms with van der Waals surface area (Å²) in [4.78, 5) is 19.3. The molecule has 1 aromatic carbocycles. The summed E-state index contributed by atoms with van der Waals surface area (Å²) in [6, 6.07) is 5.54. The van der Waals surface area contributed by atoms with E-state index in [0.29, 0.717) is 11.3 Å². The van der Waals surface area contributed by atoms with Gasteiger partial charge in [0.1, 0.15) is 5.76 Å². The quantitative estimate of drug-likeness (QED) is 0.739. The Hall–Kier alpha value is -2.56. The number of aromatic nitrogens is 2. The maximum absolute atomic E-state index is 12.2. The number of rotatable bonds is 2. The Bertz CT molecular complexity index is 735. The van der Waals surface area contributed by atoms with Gasteiger partial charge in [0.25, 0.3) is 5.91 Å². The Labute approximate surface area is 109 Å². The molecule has 0 unspecified atom stereocenters. The fourth-order valence-electron chi connectivity index (χ4n) is 2.12. The zero-order chi connectivity index (χ0) is 13.4. The Morgan fingerprint density at radius 1 is 1.37 bits per heavy atom. The Morgan fingerprint density at radius 3 is 2.95 bits per heavy atom. The van der Waals surface area contributed by atoms with Crippen LogP contribution in [0.3, 0.4) is 0 Å². The number of hydrogen-bond donors (Lipinski definition) is 2. The van der Waals surface area contributed by atoms with Gasteiger partial charge < -0.3 is 14.7 Å². The van der Waals surface area contributed by atoms with Crippen LogP contribution in [0.4, 0.5) is 5.69 Å². The van der Waals surface area contributed by atoms with Crippen LogP contribution in [0.1, 0.15) is 21.7 Å². The minimum absolute atomic E-state index is 0.164. The molecule has 2 N–H and O–H groups in total. The van der Waals surface area contributed by atoms with Crippen molar-refractivity contribution < 1.29 is 9.21 Å². The molecule has 2 heterocycles. The van der Waals surface area contributed by atoms with E-state index in [1.807, 2.05) is 25.1 Å². The van der Waals surface area contributed by atoms with Crippen molar-refractivity contribution in [3.8, 4) is 0 Å². The van der Waals surface area contributed by atoms with Crippen LogP contribution < -0.4 is 5.32 Å². The molecular weight excluding hydrogens is 242 g/mol. The summed E-state index contributed by atoms with van der Waals surface area (Å²) in [5, 5.41) is 2.86. The van der Waals surface area contributed by atoms with Gasteiger partial charge in [0, 0.05) is 11.3 Å². The number of aromatic amines is 1. The van der Waals surface area contributed by atoms with Crippen LogP contribution in [0.5, 0.6) is 0 Å². The summed E-state index contributed by atoms with van der Waals surface area (Å²) < 4.78 is 5.23. The van der Waals surface area contributed by atoms with Crippen LogP contribution in [-0.4, -0.2) is 15.9 Å². The molecule has 0 aliphatic heterocycles. The first-order chi connectivity index (χ1) is 9.15. The number of carbonyl (C=O) groups is 1. The first-order valence-electron chi connectivity index (χ1n) is 5.94.